The van der Waals surface area contributed by atoms with Gasteiger partial charge in [0, 0.05) is 12.0 Å². The smallest absolute Gasteiger partial charge is 0.306 e. The molecule has 1 atom stereocenters. The van der Waals surface area contributed by atoms with E-state index in [9.17, 15) is 4.79 Å². The van der Waals surface area contributed by atoms with Crippen molar-refractivity contribution in [1.82, 2.24) is 20.2 Å². The molecule has 0 amide bonds. The number of nitrogens with zero attached hydrogens (tertiary/aromatic N) is 4. The Hall–Kier alpha value is -2.24. The van der Waals surface area contributed by atoms with E-state index in [1.54, 1.807) is 4.68 Å². The summed E-state index contributed by atoms with van der Waals surface area (Å²) in [4.78, 5) is 11.1. The molecule has 1 aromatic heterocycles. The number of benzene rings is 1. The van der Waals surface area contributed by atoms with Crippen molar-refractivity contribution in [3.8, 4) is 11.4 Å². The molecule has 1 aromatic carbocycles. The first-order valence-electron chi connectivity index (χ1n) is 5.84. The number of carbonyl (C=O) groups excluding carboxylic acids is 1. The van der Waals surface area contributed by atoms with Crippen LogP contribution in [0, 0.1) is 0 Å². The Bertz CT molecular complexity index is 552. The summed E-state index contributed by atoms with van der Waals surface area (Å²) in [7, 11) is 0. The van der Waals surface area contributed by atoms with Gasteiger partial charge < -0.3 is 4.74 Å². The minimum atomic E-state index is -0.144. The highest BCUT2D eigenvalue weighted by Gasteiger charge is 2.25. The fourth-order valence-corrected chi connectivity index (χ4v) is 2.03. The molecule has 0 aliphatic carbocycles. The van der Waals surface area contributed by atoms with Crippen LogP contribution in [0.2, 0.25) is 0 Å². The number of hydrogen-bond acceptors (Lipinski definition) is 5. The topological polar surface area (TPSA) is 69.9 Å². The third kappa shape index (κ3) is 2.09. The fourth-order valence-electron chi connectivity index (χ4n) is 2.03. The molecule has 92 valence electrons. The first kappa shape index (κ1) is 10.9. The van der Waals surface area contributed by atoms with Crippen LogP contribution in [0.4, 0.5) is 0 Å². The molecule has 6 nitrogen and oxygen atoms in total. The van der Waals surface area contributed by atoms with Gasteiger partial charge in [0.1, 0.15) is 6.10 Å². The van der Waals surface area contributed by atoms with Gasteiger partial charge in [-0.25, -0.2) is 4.68 Å². The van der Waals surface area contributed by atoms with Crippen molar-refractivity contribution in [2.75, 3.05) is 0 Å². The summed E-state index contributed by atoms with van der Waals surface area (Å²) < 4.78 is 6.85. The lowest BCUT2D eigenvalue weighted by molar-refractivity contribution is -0.141. The average Bonchev–Trinajstić information content (AvgIpc) is 3.00. The zero-order valence-electron chi connectivity index (χ0n) is 9.69. The van der Waals surface area contributed by atoms with Gasteiger partial charge in [0.15, 0.2) is 5.82 Å². The Morgan fingerprint density at radius 2 is 2.17 bits per heavy atom. The molecule has 6 heteroatoms. The third-order valence-corrected chi connectivity index (χ3v) is 2.91. The number of ether oxygens (including phenoxy) is 1. The number of aromatic nitrogens is 4. The summed E-state index contributed by atoms with van der Waals surface area (Å²) in [5, 5.41) is 11.6. The molecule has 0 bridgehead atoms. The van der Waals surface area contributed by atoms with Crippen molar-refractivity contribution in [2.45, 2.75) is 25.5 Å². The van der Waals surface area contributed by atoms with E-state index in [4.69, 9.17) is 4.74 Å². The number of rotatable bonds is 3. The number of esters is 1. The van der Waals surface area contributed by atoms with Crippen molar-refractivity contribution < 1.29 is 9.53 Å². The predicted octanol–water partition coefficient (Wildman–Crippen LogP) is 1.05. The van der Waals surface area contributed by atoms with Gasteiger partial charge in [0.05, 0.1) is 6.54 Å². The molecular weight excluding hydrogens is 232 g/mol. The molecule has 2 heterocycles. The lowest BCUT2D eigenvalue weighted by atomic mass is 10.2. The van der Waals surface area contributed by atoms with E-state index in [-0.39, 0.29) is 12.1 Å². The molecule has 3 rings (SSSR count). The summed E-state index contributed by atoms with van der Waals surface area (Å²) in [5.74, 6) is 0.549. The van der Waals surface area contributed by atoms with Crippen LogP contribution in [0.3, 0.4) is 0 Å². The largest absolute Gasteiger partial charge is 0.460 e. The van der Waals surface area contributed by atoms with Crippen LogP contribution in [-0.4, -0.2) is 32.3 Å². The van der Waals surface area contributed by atoms with Crippen molar-refractivity contribution in [1.29, 1.82) is 0 Å². The molecule has 1 aliphatic rings. The maximum atomic E-state index is 11.1. The summed E-state index contributed by atoms with van der Waals surface area (Å²) in [6, 6.07) is 9.70. The third-order valence-electron chi connectivity index (χ3n) is 2.91. The first-order valence-corrected chi connectivity index (χ1v) is 5.84. The molecule has 1 unspecified atom stereocenters. The van der Waals surface area contributed by atoms with Crippen LogP contribution in [0.1, 0.15) is 12.8 Å². The Kier molecular flexibility index (Phi) is 2.76. The van der Waals surface area contributed by atoms with E-state index in [0.717, 1.165) is 12.0 Å². The van der Waals surface area contributed by atoms with Crippen LogP contribution in [0.25, 0.3) is 11.4 Å². The first-order chi connectivity index (χ1) is 8.83. The second-order valence-electron chi connectivity index (χ2n) is 4.20. The SMILES string of the molecule is O=C1CCC(Cn2nnnc2-c2ccccc2)O1. The standard InChI is InChI=1S/C12H12N4O2/c17-11-7-6-10(18-11)8-16-12(13-14-15-16)9-4-2-1-3-5-9/h1-5,10H,6-8H2. The minimum absolute atomic E-state index is 0.122. The zero-order valence-corrected chi connectivity index (χ0v) is 9.69. The van der Waals surface area contributed by atoms with E-state index >= 15 is 0 Å². The maximum Gasteiger partial charge on any atom is 0.306 e. The lowest BCUT2D eigenvalue weighted by Gasteiger charge is -2.09. The van der Waals surface area contributed by atoms with E-state index < -0.39 is 0 Å². The zero-order chi connectivity index (χ0) is 12.4. The number of carbonyl (C=O) groups is 1. The molecule has 0 radical (unpaired) electrons. The molecule has 2 aromatic rings. The monoisotopic (exact) mass is 244 g/mol. The van der Waals surface area contributed by atoms with Crippen LogP contribution >= 0.6 is 0 Å². The van der Waals surface area contributed by atoms with Crippen LogP contribution in [0.15, 0.2) is 30.3 Å². The van der Waals surface area contributed by atoms with Gasteiger partial charge in [-0.05, 0) is 16.8 Å². The summed E-state index contributed by atoms with van der Waals surface area (Å²) in [6.45, 7) is 0.503. The maximum absolute atomic E-state index is 11.1. The van der Waals surface area contributed by atoms with Gasteiger partial charge in [-0.3, -0.25) is 4.79 Å². The van der Waals surface area contributed by atoms with E-state index in [1.807, 2.05) is 30.3 Å². The summed E-state index contributed by atoms with van der Waals surface area (Å²) >= 11 is 0. The second kappa shape index (κ2) is 4.56. The van der Waals surface area contributed by atoms with E-state index in [1.165, 1.54) is 0 Å². The number of cyclic esters (lactones) is 1. The quantitative estimate of drug-likeness (QED) is 0.755. The minimum Gasteiger partial charge on any atom is -0.460 e. The fraction of sp³-hybridized carbons (Fsp3) is 0.333. The Morgan fingerprint density at radius 1 is 1.33 bits per heavy atom. The highest BCUT2D eigenvalue weighted by atomic mass is 16.5. The van der Waals surface area contributed by atoms with Crippen LogP contribution < -0.4 is 0 Å². The number of tetrazole rings is 1. The highest BCUT2D eigenvalue weighted by molar-refractivity contribution is 5.71. The van der Waals surface area contributed by atoms with Crippen molar-refractivity contribution in [3.05, 3.63) is 30.3 Å². The highest BCUT2D eigenvalue weighted by Crippen LogP contribution is 2.19. The molecule has 0 spiro atoms. The second-order valence-corrected chi connectivity index (χ2v) is 4.20. The molecule has 1 fully saturated rings. The molecule has 0 N–H and O–H groups in total. The average molecular weight is 244 g/mol. The Labute approximate surface area is 104 Å². The van der Waals surface area contributed by atoms with Gasteiger partial charge in [0.2, 0.25) is 0 Å². The lowest BCUT2D eigenvalue weighted by Crippen LogP contribution is -2.17. The van der Waals surface area contributed by atoms with Crippen molar-refractivity contribution in [3.63, 3.8) is 0 Å². The normalized spacial score (nSPS) is 18.9. The predicted molar refractivity (Wildman–Crippen MR) is 62.4 cm³/mol. The summed E-state index contributed by atoms with van der Waals surface area (Å²) in [5.41, 5.74) is 0.951. The Morgan fingerprint density at radius 3 is 2.89 bits per heavy atom. The molecule has 18 heavy (non-hydrogen) atoms. The number of hydrogen-bond donors (Lipinski definition) is 0. The van der Waals surface area contributed by atoms with Gasteiger partial charge in [-0.15, -0.1) is 5.10 Å². The van der Waals surface area contributed by atoms with E-state index in [2.05, 4.69) is 15.5 Å². The van der Waals surface area contributed by atoms with Crippen LogP contribution in [-0.2, 0) is 16.1 Å². The van der Waals surface area contributed by atoms with Gasteiger partial charge in [-0.2, -0.15) is 0 Å². The van der Waals surface area contributed by atoms with Gasteiger partial charge >= 0.3 is 5.97 Å². The van der Waals surface area contributed by atoms with Crippen molar-refractivity contribution >= 4 is 5.97 Å². The van der Waals surface area contributed by atoms with Crippen LogP contribution in [0.5, 0.6) is 0 Å². The molecule has 1 saturated heterocycles. The Balaban J connectivity index is 1.82. The molecule has 1 aliphatic heterocycles. The van der Waals surface area contributed by atoms with Gasteiger partial charge in [0.25, 0.3) is 0 Å². The molecular formula is C12H12N4O2. The van der Waals surface area contributed by atoms with Gasteiger partial charge in [-0.1, -0.05) is 30.3 Å². The summed E-state index contributed by atoms with van der Waals surface area (Å²) in [6.07, 6.45) is 1.09. The van der Waals surface area contributed by atoms with E-state index in [0.29, 0.717) is 18.8 Å². The molecule has 0 saturated carbocycles. The van der Waals surface area contributed by atoms with Crippen molar-refractivity contribution in [2.24, 2.45) is 0 Å².